The number of benzene rings is 1. The Balaban J connectivity index is 3.07. The summed E-state index contributed by atoms with van der Waals surface area (Å²) in [4.78, 5) is 12.3. The molecule has 5 nitrogen and oxygen atoms in total. The third kappa shape index (κ3) is 3.97. The van der Waals surface area contributed by atoms with Gasteiger partial charge in [-0.2, -0.15) is 0 Å². The van der Waals surface area contributed by atoms with Crippen LogP contribution >= 0.6 is 0 Å². The molecule has 1 rings (SSSR count). The van der Waals surface area contributed by atoms with E-state index in [-0.39, 0.29) is 10.9 Å². The molecule has 1 aromatic rings. The standard InChI is InChI=1S/C15H24N2O3S/c1-5-13(6-2)17-15(18)11(4)21(19,20)14-9-12(16)8-7-10(14)3/h7-9,11,13H,5-6,16H2,1-4H3,(H,17,18). The highest BCUT2D eigenvalue weighted by Crippen LogP contribution is 2.23. The molecule has 0 bridgehead atoms. The largest absolute Gasteiger partial charge is 0.399 e. The summed E-state index contributed by atoms with van der Waals surface area (Å²) in [6.45, 7) is 7.01. The maximum absolute atomic E-state index is 12.6. The van der Waals surface area contributed by atoms with Crippen molar-refractivity contribution in [2.45, 2.75) is 56.7 Å². The number of carbonyl (C=O) groups excluding carboxylic acids is 1. The van der Waals surface area contributed by atoms with E-state index >= 15 is 0 Å². The van der Waals surface area contributed by atoms with Gasteiger partial charge in [0.05, 0.1) is 4.90 Å². The Morgan fingerprint density at radius 2 is 1.86 bits per heavy atom. The molecule has 21 heavy (non-hydrogen) atoms. The van der Waals surface area contributed by atoms with Crippen LogP contribution in [0.15, 0.2) is 23.1 Å². The van der Waals surface area contributed by atoms with Crippen LogP contribution in [-0.2, 0) is 14.6 Å². The van der Waals surface area contributed by atoms with Crippen molar-refractivity contribution in [3.63, 3.8) is 0 Å². The first-order valence-corrected chi connectivity index (χ1v) is 8.69. The van der Waals surface area contributed by atoms with Crippen molar-refractivity contribution in [1.82, 2.24) is 5.32 Å². The van der Waals surface area contributed by atoms with E-state index in [1.54, 1.807) is 19.1 Å². The lowest BCUT2D eigenvalue weighted by Gasteiger charge is -2.19. The second kappa shape index (κ2) is 6.93. The minimum Gasteiger partial charge on any atom is -0.399 e. The molecule has 1 amide bonds. The van der Waals surface area contributed by atoms with Gasteiger partial charge in [-0.05, 0) is 44.4 Å². The topological polar surface area (TPSA) is 89.3 Å². The zero-order chi connectivity index (χ0) is 16.2. The second-order valence-electron chi connectivity index (χ2n) is 5.23. The van der Waals surface area contributed by atoms with Gasteiger partial charge in [-0.3, -0.25) is 4.79 Å². The molecule has 0 aliphatic heterocycles. The SMILES string of the molecule is CCC(CC)NC(=O)C(C)S(=O)(=O)c1cc(N)ccc1C. The van der Waals surface area contributed by atoms with E-state index in [9.17, 15) is 13.2 Å². The van der Waals surface area contributed by atoms with Crippen LogP contribution in [-0.4, -0.2) is 25.6 Å². The van der Waals surface area contributed by atoms with Crippen molar-refractivity contribution in [1.29, 1.82) is 0 Å². The van der Waals surface area contributed by atoms with Crippen molar-refractivity contribution >= 4 is 21.4 Å². The molecule has 0 saturated carbocycles. The van der Waals surface area contributed by atoms with Crippen molar-refractivity contribution in [3.05, 3.63) is 23.8 Å². The Morgan fingerprint density at radius 3 is 2.38 bits per heavy atom. The molecule has 6 heteroatoms. The molecule has 1 unspecified atom stereocenters. The maximum atomic E-state index is 12.6. The zero-order valence-electron chi connectivity index (χ0n) is 13.0. The third-order valence-electron chi connectivity index (χ3n) is 3.69. The average molecular weight is 312 g/mol. The van der Waals surface area contributed by atoms with E-state index in [0.29, 0.717) is 11.3 Å². The highest BCUT2D eigenvalue weighted by atomic mass is 32.2. The van der Waals surface area contributed by atoms with Crippen LogP contribution in [0, 0.1) is 6.92 Å². The van der Waals surface area contributed by atoms with Crippen LogP contribution in [0.1, 0.15) is 39.2 Å². The number of hydrogen-bond acceptors (Lipinski definition) is 4. The first-order valence-electron chi connectivity index (χ1n) is 7.14. The number of nitrogen functional groups attached to an aromatic ring is 1. The van der Waals surface area contributed by atoms with Crippen LogP contribution in [0.3, 0.4) is 0 Å². The van der Waals surface area contributed by atoms with Gasteiger partial charge in [-0.15, -0.1) is 0 Å². The normalized spacial score (nSPS) is 13.2. The molecular weight excluding hydrogens is 288 g/mol. The van der Waals surface area contributed by atoms with Gasteiger partial charge in [0.2, 0.25) is 5.91 Å². The van der Waals surface area contributed by atoms with E-state index < -0.39 is 21.0 Å². The van der Waals surface area contributed by atoms with Gasteiger partial charge >= 0.3 is 0 Å². The van der Waals surface area contributed by atoms with Crippen LogP contribution in [0.25, 0.3) is 0 Å². The quantitative estimate of drug-likeness (QED) is 0.787. The summed E-state index contributed by atoms with van der Waals surface area (Å²) in [6, 6.07) is 4.69. The van der Waals surface area contributed by atoms with E-state index in [4.69, 9.17) is 5.73 Å². The van der Waals surface area contributed by atoms with Gasteiger partial charge in [0.15, 0.2) is 9.84 Å². The molecule has 0 aliphatic carbocycles. The molecular formula is C15H24N2O3S. The molecule has 0 aliphatic rings. The first kappa shape index (κ1) is 17.5. The van der Waals surface area contributed by atoms with Gasteiger partial charge < -0.3 is 11.1 Å². The summed E-state index contributed by atoms with van der Waals surface area (Å²) in [6.07, 6.45) is 1.54. The van der Waals surface area contributed by atoms with Gasteiger partial charge in [-0.1, -0.05) is 19.9 Å². The number of hydrogen-bond donors (Lipinski definition) is 2. The molecule has 1 atom stereocenters. The summed E-state index contributed by atoms with van der Waals surface area (Å²) in [7, 11) is -3.75. The minimum atomic E-state index is -3.75. The molecule has 3 N–H and O–H groups in total. The highest BCUT2D eigenvalue weighted by molar-refractivity contribution is 7.92. The van der Waals surface area contributed by atoms with Crippen molar-refractivity contribution in [3.8, 4) is 0 Å². The van der Waals surface area contributed by atoms with E-state index in [1.165, 1.54) is 13.0 Å². The molecule has 0 spiro atoms. The van der Waals surface area contributed by atoms with Crippen molar-refractivity contribution < 1.29 is 13.2 Å². The second-order valence-corrected chi connectivity index (χ2v) is 7.47. The lowest BCUT2D eigenvalue weighted by molar-refractivity contribution is -0.121. The fraction of sp³-hybridized carbons (Fsp3) is 0.533. The van der Waals surface area contributed by atoms with E-state index in [2.05, 4.69) is 5.32 Å². The maximum Gasteiger partial charge on any atom is 0.238 e. The minimum absolute atomic E-state index is 0.00269. The van der Waals surface area contributed by atoms with Crippen molar-refractivity contribution in [2.75, 3.05) is 5.73 Å². The number of rotatable bonds is 6. The summed E-state index contributed by atoms with van der Waals surface area (Å²) in [5.74, 6) is -0.467. The highest BCUT2D eigenvalue weighted by Gasteiger charge is 2.31. The number of nitrogens with one attached hydrogen (secondary N) is 1. The van der Waals surface area contributed by atoms with Gasteiger partial charge in [-0.25, -0.2) is 8.42 Å². The van der Waals surface area contributed by atoms with Crippen molar-refractivity contribution in [2.24, 2.45) is 0 Å². The van der Waals surface area contributed by atoms with Crippen LogP contribution in [0.4, 0.5) is 5.69 Å². The Labute approximate surface area is 126 Å². The van der Waals surface area contributed by atoms with E-state index in [1.807, 2.05) is 13.8 Å². The monoisotopic (exact) mass is 312 g/mol. The Hall–Kier alpha value is -1.56. The number of amides is 1. The van der Waals surface area contributed by atoms with Crippen LogP contribution in [0.5, 0.6) is 0 Å². The van der Waals surface area contributed by atoms with Crippen LogP contribution < -0.4 is 11.1 Å². The molecule has 0 aromatic heterocycles. The predicted octanol–water partition coefficient (Wildman–Crippen LogP) is 2.04. The number of carbonyl (C=O) groups is 1. The zero-order valence-corrected chi connectivity index (χ0v) is 13.8. The Kier molecular flexibility index (Phi) is 5.78. The average Bonchev–Trinajstić information content (AvgIpc) is 2.45. The lowest BCUT2D eigenvalue weighted by Crippen LogP contribution is -2.43. The summed E-state index contributed by atoms with van der Waals surface area (Å²) < 4.78 is 25.2. The predicted molar refractivity (Wildman–Crippen MR) is 84.8 cm³/mol. The fourth-order valence-corrected chi connectivity index (χ4v) is 3.61. The first-order chi connectivity index (χ1) is 9.73. The molecule has 0 fully saturated rings. The summed E-state index contributed by atoms with van der Waals surface area (Å²) in [5.41, 5.74) is 6.62. The molecule has 1 aromatic carbocycles. The third-order valence-corrected chi connectivity index (χ3v) is 5.88. The van der Waals surface area contributed by atoms with Gasteiger partial charge in [0, 0.05) is 11.7 Å². The molecule has 0 heterocycles. The van der Waals surface area contributed by atoms with Gasteiger partial charge in [0.1, 0.15) is 5.25 Å². The summed E-state index contributed by atoms with van der Waals surface area (Å²) >= 11 is 0. The smallest absolute Gasteiger partial charge is 0.238 e. The van der Waals surface area contributed by atoms with E-state index in [0.717, 1.165) is 12.8 Å². The number of anilines is 1. The summed E-state index contributed by atoms with van der Waals surface area (Å²) in [5, 5.41) is 1.64. The molecule has 0 saturated heterocycles. The molecule has 118 valence electrons. The number of aryl methyl sites for hydroxylation is 1. The van der Waals surface area contributed by atoms with Gasteiger partial charge in [0.25, 0.3) is 0 Å². The lowest BCUT2D eigenvalue weighted by atomic mass is 10.2. The number of sulfone groups is 1. The number of nitrogens with two attached hydrogens (primary N) is 1. The Morgan fingerprint density at radius 1 is 1.29 bits per heavy atom. The Bertz CT molecular complexity index is 607. The molecule has 0 radical (unpaired) electrons. The fourth-order valence-electron chi connectivity index (χ4n) is 2.07. The van der Waals surface area contributed by atoms with Crippen LogP contribution in [0.2, 0.25) is 0 Å².